The topological polar surface area (TPSA) is 70.0 Å². The Morgan fingerprint density at radius 3 is 3.00 bits per heavy atom. The maximum atomic E-state index is 11.0. The van der Waals surface area contributed by atoms with Gasteiger partial charge in [0.1, 0.15) is 6.04 Å². The fourth-order valence-electron chi connectivity index (χ4n) is 2.91. The molecule has 0 aromatic carbocycles. The molecule has 2 N–H and O–H groups in total. The fraction of sp³-hybridized carbons (Fsp3) is 0.917. The number of aliphatic carboxylic acids is 1. The molecule has 98 valence electrons. The van der Waals surface area contributed by atoms with E-state index in [0.717, 1.165) is 19.4 Å². The van der Waals surface area contributed by atoms with Gasteiger partial charge in [-0.25, -0.2) is 0 Å². The molecule has 2 aliphatic rings. The molecular weight excluding hydrogens is 222 g/mol. The van der Waals surface area contributed by atoms with Gasteiger partial charge in [-0.05, 0) is 32.7 Å². The van der Waals surface area contributed by atoms with Gasteiger partial charge >= 0.3 is 5.97 Å². The summed E-state index contributed by atoms with van der Waals surface area (Å²) in [5, 5.41) is 18.8. The van der Waals surface area contributed by atoms with E-state index in [1.165, 1.54) is 0 Å². The van der Waals surface area contributed by atoms with Crippen molar-refractivity contribution < 1.29 is 19.7 Å². The highest BCUT2D eigenvalue weighted by molar-refractivity contribution is 5.72. The average Bonchev–Trinajstić information content (AvgIpc) is 2.27. The van der Waals surface area contributed by atoms with Crippen LogP contribution in [0.1, 0.15) is 32.6 Å². The lowest BCUT2D eigenvalue weighted by Gasteiger charge is -2.47. The van der Waals surface area contributed by atoms with Crippen LogP contribution in [0.5, 0.6) is 0 Å². The first-order valence-electron chi connectivity index (χ1n) is 6.31. The summed E-state index contributed by atoms with van der Waals surface area (Å²) in [6.45, 7) is 3.71. The number of aliphatic hydroxyl groups excluding tert-OH is 1. The minimum atomic E-state index is -0.793. The van der Waals surface area contributed by atoms with Gasteiger partial charge in [-0.3, -0.25) is 9.69 Å². The van der Waals surface area contributed by atoms with Gasteiger partial charge < -0.3 is 14.9 Å². The Labute approximate surface area is 101 Å². The normalized spacial score (nSPS) is 36.9. The number of nitrogens with zero attached hydrogens (tertiary/aromatic N) is 1. The van der Waals surface area contributed by atoms with Gasteiger partial charge in [-0.2, -0.15) is 0 Å². The van der Waals surface area contributed by atoms with Gasteiger partial charge in [-0.1, -0.05) is 0 Å². The highest BCUT2D eigenvalue weighted by Crippen LogP contribution is 2.34. The number of carbonyl (C=O) groups is 1. The molecule has 2 heterocycles. The van der Waals surface area contributed by atoms with E-state index >= 15 is 0 Å². The van der Waals surface area contributed by atoms with Crippen molar-refractivity contribution >= 4 is 5.97 Å². The van der Waals surface area contributed by atoms with Crippen LogP contribution in [0.2, 0.25) is 0 Å². The summed E-state index contributed by atoms with van der Waals surface area (Å²) in [6, 6.07) is -0.477. The second-order valence-electron chi connectivity index (χ2n) is 5.27. The van der Waals surface area contributed by atoms with Crippen LogP contribution in [-0.2, 0) is 9.53 Å². The van der Waals surface area contributed by atoms with E-state index in [9.17, 15) is 9.90 Å². The summed E-state index contributed by atoms with van der Waals surface area (Å²) in [5.74, 6) is -0.793. The summed E-state index contributed by atoms with van der Waals surface area (Å²) >= 11 is 0. The molecule has 5 heteroatoms. The molecular formula is C12H21NO4. The fourth-order valence-corrected chi connectivity index (χ4v) is 2.91. The summed E-state index contributed by atoms with van der Waals surface area (Å²) < 4.78 is 5.84. The van der Waals surface area contributed by atoms with Crippen LogP contribution < -0.4 is 0 Å². The number of carboxylic acids is 1. The number of aliphatic hydroxyl groups is 1. The van der Waals surface area contributed by atoms with Crippen LogP contribution in [0.4, 0.5) is 0 Å². The number of hydrogen-bond donors (Lipinski definition) is 2. The first-order chi connectivity index (χ1) is 8.02. The third kappa shape index (κ3) is 2.78. The number of ether oxygens (including phenoxy) is 1. The van der Waals surface area contributed by atoms with Crippen molar-refractivity contribution in [1.29, 1.82) is 0 Å². The number of hydrogen-bond acceptors (Lipinski definition) is 4. The third-order valence-corrected chi connectivity index (χ3v) is 3.94. The van der Waals surface area contributed by atoms with Crippen LogP contribution in [0, 0.1) is 0 Å². The zero-order valence-electron chi connectivity index (χ0n) is 10.3. The highest BCUT2D eigenvalue weighted by atomic mass is 16.5. The quantitative estimate of drug-likeness (QED) is 0.737. The summed E-state index contributed by atoms with van der Waals surface area (Å²) in [7, 11) is 0. The Morgan fingerprint density at radius 2 is 2.35 bits per heavy atom. The largest absolute Gasteiger partial charge is 0.480 e. The van der Waals surface area contributed by atoms with E-state index in [1.807, 2.05) is 4.90 Å². The van der Waals surface area contributed by atoms with E-state index < -0.39 is 12.0 Å². The van der Waals surface area contributed by atoms with Crippen molar-refractivity contribution in [3.8, 4) is 0 Å². The SMILES string of the molecule is C[C@H](C(=O)O)N1CCC[C@]2(C[C@@H](O)CCO2)C1. The number of carboxylic acid groups (broad SMARTS) is 1. The molecule has 0 unspecified atom stereocenters. The van der Waals surface area contributed by atoms with Crippen LogP contribution in [0.15, 0.2) is 0 Å². The summed E-state index contributed by atoms with van der Waals surface area (Å²) in [5.41, 5.74) is -0.320. The number of piperidine rings is 1. The van der Waals surface area contributed by atoms with Gasteiger partial charge in [0.05, 0.1) is 11.7 Å². The third-order valence-electron chi connectivity index (χ3n) is 3.94. The van der Waals surface area contributed by atoms with Gasteiger partial charge in [0, 0.05) is 19.6 Å². The Bertz CT molecular complexity index is 292. The Kier molecular flexibility index (Phi) is 3.70. The highest BCUT2D eigenvalue weighted by Gasteiger charge is 2.42. The van der Waals surface area contributed by atoms with Gasteiger partial charge in [0.2, 0.25) is 0 Å². The molecule has 17 heavy (non-hydrogen) atoms. The van der Waals surface area contributed by atoms with E-state index in [2.05, 4.69) is 0 Å². The molecule has 0 amide bonds. The first-order valence-corrected chi connectivity index (χ1v) is 6.31. The zero-order valence-corrected chi connectivity index (χ0v) is 10.3. The predicted octanol–water partition coefficient (Wildman–Crippen LogP) is 0.465. The Morgan fingerprint density at radius 1 is 1.59 bits per heavy atom. The van der Waals surface area contributed by atoms with E-state index in [0.29, 0.717) is 26.0 Å². The molecule has 0 aromatic rings. The Balaban J connectivity index is 2.03. The average molecular weight is 243 g/mol. The van der Waals surface area contributed by atoms with Crippen molar-refractivity contribution in [3.05, 3.63) is 0 Å². The summed E-state index contributed by atoms with van der Waals surface area (Å²) in [6.07, 6.45) is 2.88. The van der Waals surface area contributed by atoms with E-state index in [-0.39, 0.29) is 11.7 Å². The molecule has 2 aliphatic heterocycles. The van der Waals surface area contributed by atoms with Crippen molar-refractivity contribution in [2.45, 2.75) is 50.4 Å². The minimum absolute atomic E-state index is 0.302. The maximum Gasteiger partial charge on any atom is 0.320 e. The molecule has 2 fully saturated rings. The molecule has 3 atom stereocenters. The molecule has 0 saturated carbocycles. The van der Waals surface area contributed by atoms with Crippen LogP contribution >= 0.6 is 0 Å². The molecule has 1 spiro atoms. The van der Waals surface area contributed by atoms with Crippen molar-refractivity contribution in [1.82, 2.24) is 4.90 Å². The molecule has 5 nitrogen and oxygen atoms in total. The molecule has 0 aromatic heterocycles. The molecule has 0 bridgehead atoms. The van der Waals surface area contributed by atoms with Crippen molar-refractivity contribution in [3.63, 3.8) is 0 Å². The second kappa shape index (κ2) is 4.92. The lowest BCUT2D eigenvalue weighted by molar-refractivity contribution is -0.160. The van der Waals surface area contributed by atoms with Gasteiger partial charge in [0.25, 0.3) is 0 Å². The number of rotatable bonds is 2. The first kappa shape index (κ1) is 12.8. The smallest absolute Gasteiger partial charge is 0.320 e. The predicted molar refractivity (Wildman–Crippen MR) is 61.8 cm³/mol. The van der Waals surface area contributed by atoms with Gasteiger partial charge in [0.15, 0.2) is 0 Å². The molecule has 0 aliphatic carbocycles. The second-order valence-corrected chi connectivity index (χ2v) is 5.27. The van der Waals surface area contributed by atoms with Crippen molar-refractivity contribution in [2.75, 3.05) is 19.7 Å². The van der Waals surface area contributed by atoms with E-state index in [4.69, 9.17) is 9.84 Å². The van der Waals surface area contributed by atoms with Gasteiger partial charge in [-0.15, -0.1) is 0 Å². The monoisotopic (exact) mass is 243 g/mol. The molecule has 2 rings (SSSR count). The summed E-state index contributed by atoms with van der Waals surface area (Å²) in [4.78, 5) is 13.0. The van der Waals surface area contributed by atoms with Crippen molar-refractivity contribution in [2.24, 2.45) is 0 Å². The lowest BCUT2D eigenvalue weighted by Crippen LogP contribution is -2.57. The van der Waals surface area contributed by atoms with Crippen LogP contribution in [-0.4, -0.2) is 58.5 Å². The molecule has 0 radical (unpaired) electrons. The van der Waals surface area contributed by atoms with Crippen LogP contribution in [0.3, 0.4) is 0 Å². The minimum Gasteiger partial charge on any atom is -0.480 e. The Hall–Kier alpha value is -0.650. The zero-order chi connectivity index (χ0) is 12.5. The van der Waals surface area contributed by atoms with Crippen LogP contribution in [0.25, 0.3) is 0 Å². The standard InChI is InChI=1S/C12H21NO4/c1-9(11(15)16)13-5-2-4-12(8-13)7-10(14)3-6-17-12/h9-10,14H,2-8H2,1H3,(H,15,16)/t9-,10+,12+/m1/s1. The van der Waals surface area contributed by atoms with E-state index in [1.54, 1.807) is 6.92 Å². The lowest BCUT2D eigenvalue weighted by atomic mass is 9.84. The number of likely N-dealkylation sites (tertiary alicyclic amines) is 1. The molecule has 2 saturated heterocycles. The maximum absolute atomic E-state index is 11.0.